The molecule has 1 atom stereocenters. The fourth-order valence-electron chi connectivity index (χ4n) is 1.15. The van der Waals surface area contributed by atoms with Gasteiger partial charge in [0.25, 0.3) is 0 Å². The molecule has 1 heterocycles. The number of aromatic nitrogens is 2. The van der Waals surface area contributed by atoms with Gasteiger partial charge >= 0.3 is 0 Å². The lowest BCUT2D eigenvalue weighted by Crippen LogP contribution is -2.32. The van der Waals surface area contributed by atoms with E-state index in [1.807, 2.05) is 14.0 Å². The summed E-state index contributed by atoms with van der Waals surface area (Å²) in [5.74, 6) is -0.187. The van der Waals surface area contributed by atoms with Gasteiger partial charge in [-0.2, -0.15) is 5.10 Å². The van der Waals surface area contributed by atoms with Gasteiger partial charge in [0.1, 0.15) is 0 Å². The summed E-state index contributed by atoms with van der Waals surface area (Å²) in [4.78, 5) is 11.3. The summed E-state index contributed by atoms with van der Waals surface area (Å²) in [6.45, 7) is 3.64. The van der Waals surface area contributed by atoms with Crippen LogP contribution in [-0.2, 0) is 18.3 Å². The van der Waals surface area contributed by atoms with E-state index in [0.29, 0.717) is 0 Å². The Bertz CT molecular complexity index is 330. The van der Waals surface area contributed by atoms with Crippen molar-refractivity contribution in [2.45, 2.75) is 26.3 Å². The summed E-state index contributed by atoms with van der Waals surface area (Å²) < 4.78 is 1.68. The molecule has 0 saturated heterocycles. The van der Waals surface area contributed by atoms with Crippen LogP contribution >= 0.6 is 0 Å². The van der Waals surface area contributed by atoms with Crippen molar-refractivity contribution < 1.29 is 4.79 Å². The Morgan fingerprint density at radius 2 is 2.43 bits per heavy atom. The second-order valence-electron chi connectivity index (χ2n) is 3.29. The molecule has 0 unspecified atom stereocenters. The van der Waals surface area contributed by atoms with Crippen LogP contribution in [0.4, 0.5) is 5.69 Å². The van der Waals surface area contributed by atoms with E-state index in [0.717, 1.165) is 17.8 Å². The molecule has 0 aliphatic carbocycles. The number of amides is 1. The third kappa shape index (κ3) is 2.32. The molecule has 0 bridgehead atoms. The Kier molecular flexibility index (Phi) is 3.24. The van der Waals surface area contributed by atoms with Gasteiger partial charge in [-0.1, -0.05) is 6.92 Å². The van der Waals surface area contributed by atoms with E-state index in [9.17, 15) is 4.79 Å². The van der Waals surface area contributed by atoms with Crippen molar-refractivity contribution in [1.29, 1.82) is 0 Å². The zero-order valence-electron chi connectivity index (χ0n) is 8.74. The molecule has 1 amide bonds. The van der Waals surface area contributed by atoms with E-state index in [-0.39, 0.29) is 5.91 Å². The molecule has 0 aromatic carbocycles. The minimum Gasteiger partial charge on any atom is -0.322 e. The molecule has 0 aliphatic rings. The van der Waals surface area contributed by atoms with Gasteiger partial charge in [-0.15, -0.1) is 0 Å². The summed E-state index contributed by atoms with van der Waals surface area (Å²) in [6.07, 6.45) is 2.56. The van der Waals surface area contributed by atoms with E-state index in [1.54, 1.807) is 17.8 Å². The van der Waals surface area contributed by atoms with E-state index in [4.69, 9.17) is 5.73 Å². The number of rotatable bonds is 3. The van der Waals surface area contributed by atoms with Crippen molar-refractivity contribution in [3.05, 3.63) is 11.9 Å². The number of carbonyl (C=O) groups is 1. The average Bonchev–Trinajstić information content (AvgIpc) is 2.45. The Morgan fingerprint density at radius 1 is 1.79 bits per heavy atom. The first-order valence-electron chi connectivity index (χ1n) is 4.63. The molecular formula is C9H16N4O. The molecule has 78 valence electrons. The number of nitrogens with zero attached hydrogens (tertiary/aromatic N) is 2. The molecule has 1 aromatic rings. The predicted octanol–water partition coefficient (Wildman–Crippen LogP) is 0.268. The van der Waals surface area contributed by atoms with Gasteiger partial charge in [0.05, 0.1) is 17.4 Å². The maximum absolute atomic E-state index is 11.3. The van der Waals surface area contributed by atoms with Gasteiger partial charge in [-0.25, -0.2) is 0 Å². The topological polar surface area (TPSA) is 72.9 Å². The zero-order valence-corrected chi connectivity index (χ0v) is 8.74. The molecule has 5 nitrogen and oxygen atoms in total. The van der Waals surface area contributed by atoms with Gasteiger partial charge in [0.2, 0.25) is 5.91 Å². The highest BCUT2D eigenvalue weighted by Crippen LogP contribution is 2.13. The maximum atomic E-state index is 11.3. The van der Waals surface area contributed by atoms with E-state index in [2.05, 4.69) is 10.4 Å². The van der Waals surface area contributed by atoms with Crippen molar-refractivity contribution in [2.24, 2.45) is 12.8 Å². The molecule has 0 fully saturated rings. The molecule has 3 N–H and O–H groups in total. The quantitative estimate of drug-likeness (QED) is 0.728. The molecule has 1 aromatic heterocycles. The fraction of sp³-hybridized carbons (Fsp3) is 0.556. The number of hydrogen-bond acceptors (Lipinski definition) is 3. The van der Waals surface area contributed by atoms with Crippen LogP contribution in [0.5, 0.6) is 0 Å². The first kappa shape index (κ1) is 10.7. The van der Waals surface area contributed by atoms with Crippen molar-refractivity contribution in [3.8, 4) is 0 Å². The largest absolute Gasteiger partial charge is 0.322 e. The van der Waals surface area contributed by atoms with Crippen LogP contribution in [0.3, 0.4) is 0 Å². The maximum Gasteiger partial charge on any atom is 0.241 e. The number of aryl methyl sites for hydroxylation is 2. The lowest BCUT2D eigenvalue weighted by atomic mass is 10.2. The predicted molar refractivity (Wildman–Crippen MR) is 54.9 cm³/mol. The third-order valence-corrected chi connectivity index (χ3v) is 1.91. The van der Waals surface area contributed by atoms with Crippen LogP contribution in [0.1, 0.15) is 19.5 Å². The highest BCUT2D eigenvalue weighted by Gasteiger charge is 2.11. The first-order valence-corrected chi connectivity index (χ1v) is 4.63. The van der Waals surface area contributed by atoms with Crippen LogP contribution in [-0.4, -0.2) is 21.7 Å². The lowest BCUT2D eigenvalue weighted by Gasteiger charge is -2.06. The molecule has 0 aliphatic heterocycles. The highest BCUT2D eigenvalue weighted by molar-refractivity contribution is 5.94. The van der Waals surface area contributed by atoms with Crippen LogP contribution in [0.25, 0.3) is 0 Å². The molecule has 0 saturated carbocycles. The van der Waals surface area contributed by atoms with E-state index < -0.39 is 6.04 Å². The number of hydrogen-bond donors (Lipinski definition) is 2. The number of nitrogens with two attached hydrogens (primary N) is 1. The molecule has 0 spiro atoms. The highest BCUT2D eigenvalue weighted by atomic mass is 16.2. The van der Waals surface area contributed by atoms with Gasteiger partial charge in [-0.3, -0.25) is 9.48 Å². The molecule has 5 heteroatoms. The first-order chi connectivity index (χ1) is 6.54. The summed E-state index contributed by atoms with van der Waals surface area (Å²) >= 11 is 0. The summed E-state index contributed by atoms with van der Waals surface area (Å²) in [7, 11) is 1.82. The molecule has 0 radical (unpaired) electrons. The third-order valence-electron chi connectivity index (χ3n) is 1.91. The smallest absolute Gasteiger partial charge is 0.241 e. The van der Waals surface area contributed by atoms with Crippen LogP contribution < -0.4 is 11.1 Å². The van der Waals surface area contributed by atoms with Crippen molar-refractivity contribution >= 4 is 11.6 Å². The Balaban J connectivity index is 2.80. The fourth-order valence-corrected chi connectivity index (χ4v) is 1.15. The summed E-state index contributed by atoms with van der Waals surface area (Å²) in [5, 5.41) is 6.94. The van der Waals surface area contributed by atoms with Crippen molar-refractivity contribution in [2.75, 3.05) is 5.32 Å². The molecular weight excluding hydrogens is 180 g/mol. The van der Waals surface area contributed by atoms with Crippen LogP contribution in [0.2, 0.25) is 0 Å². The number of carbonyl (C=O) groups excluding carboxylic acids is 1. The van der Waals surface area contributed by atoms with Gasteiger partial charge < -0.3 is 11.1 Å². The summed E-state index contributed by atoms with van der Waals surface area (Å²) in [5.41, 5.74) is 7.07. The Labute approximate surface area is 83.3 Å². The lowest BCUT2D eigenvalue weighted by molar-refractivity contribution is -0.117. The Hall–Kier alpha value is -1.36. The summed E-state index contributed by atoms with van der Waals surface area (Å²) in [6, 6.07) is -0.500. The zero-order chi connectivity index (χ0) is 10.7. The number of anilines is 1. The second-order valence-corrected chi connectivity index (χ2v) is 3.29. The Morgan fingerprint density at radius 3 is 2.93 bits per heavy atom. The second kappa shape index (κ2) is 4.23. The molecule has 1 rings (SSSR count). The minimum atomic E-state index is -0.500. The van der Waals surface area contributed by atoms with Gasteiger partial charge in [0, 0.05) is 13.2 Å². The van der Waals surface area contributed by atoms with Crippen LogP contribution in [0, 0.1) is 0 Å². The molecule has 14 heavy (non-hydrogen) atoms. The van der Waals surface area contributed by atoms with Crippen molar-refractivity contribution in [1.82, 2.24) is 9.78 Å². The number of nitrogens with one attached hydrogen (secondary N) is 1. The van der Waals surface area contributed by atoms with Crippen LogP contribution in [0.15, 0.2) is 6.20 Å². The van der Waals surface area contributed by atoms with Gasteiger partial charge in [-0.05, 0) is 13.3 Å². The van der Waals surface area contributed by atoms with Gasteiger partial charge in [0.15, 0.2) is 0 Å². The normalized spacial score (nSPS) is 12.6. The standard InChI is InChI=1S/C9H16N4O/c1-4-7-8(5-13(3)12-7)11-9(14)6(2)10/h5-6H,4,10H2,1-3H3,(H,11,14)/t6-/m0/s1. The monoisotopic (exact) mass is 196 g/mol. The van der Waals surface area contributed by atoms with E-state index >= 15 is 0 Å². The SMILES string of the molecule is CCc1nn(C)cc1NC(=O)[C@H](C)N. The van der Waals surface area contributed by atoms with E-state index in [1.165, 1.54) is 0 Å². The average molecular weight is 196 g/mol. The minimum absolute atomic E-state index is 0.187. The van der Waals surface area contributed by atoms with Crippen molar-refractivity contribution in [3.63, 3.8) is 0 Å².